The van der Waals surface area contributed by atoms with Crippen LogP contribution >= 0.6 is 0 Å². The Morgan fingerprint density at radius 1 is 1.15 bits per heavy atom. The van der Waals surface area contributed by atoms with Crippen molar-refractivity contribution in [2.75, 3.05) is 19.8 Å². The molecule has 0 aliphatic heterocycles. The molecule has 1 amide bonds. The lowest BCUT2D eigenvalue weighted by Gasteiger charge is -2.14. The fraction of sp³-hybridized carbons (Fsp3) is 0.348. The van der Waals surface area contributed by atoms with Gasteiger partial charge in [0.25, 0.3) is 0 Å². The van der Waals surface area contributed by atoms with Gasteiger partial charge in [0.15, 0.2) is 0 Å². The molecule has 1 heterocycles. The van der Waals surface area contributed by atoms with E-state index < -0.39 is 17.8 Å². The number of alkyl halides is 3. The number of amides is 1. The third kappa shape index (κ3) is 7.48. The molecule has 3 aromatic rings. The lowest BCUT2D eigenvalue weighted by Crippen LogP contribution is -2.35. The SMILES string of the molecule is CCOc1ccc(-c2noc(CCC(=O)NCC(O)COc3cccc(C(F)(F)F)c3)n2)cc1. The molecule has 0 radical (unpaired) electrons. The highest BCUT2D eigenvalue weighted by Gasteiger charge is 2.30. The summed E-state index contributed by atoms with van der Waals surface area (Å²) in [7, 11) is 0. The molecule has 1 unspecified atom stereocenters. The number of carbonyl (C=O) groups is 1. The van der Waals surface area contributed by atoms with Gasteiger partial charge < -0.3 is 24.4 Å². The Hall–Kier alpha value is -3.60. The second-order valence-corrected chi connectivity index (χ2v) is 7.26. The number of benzene rings is 2. The molecule has 1 aromatic heterocycles. The molecule has 3 rings (SSSR count). The summed E-state index contributed by atoms with van der Waals surface area (Å²) in [6.07, 6.45) is -5.34. The second kappa shape index (κ2) is 11.5. The molecule has 2 aromatic carbocycles. The minimum atomic E-state index is -4.49. The van der Waals surface area contributed by atoms with Crippen molar-refractivity contribution in [2.24, 2.45) is 0 Å². The number of nitrogens with zero attached hydrogens (tertiary/aromatic N) is 2. The van der Waals surface area contributed by atoms with Crippen LogP contribution in [0.3, 0.4) is 0 Å². The highest BCUT2D eigenvalue weighted by Crippen LogP contribution is 2.31. The van der Waals surface area contributed by atoms with Crippen LogP contribution in [0.2, 0.25) is 0 Å². The first-order chi connectivity index (χ1) is 16.2. The lowest BCUT2D eigenvalue weighted by molar-refractivity contribution is -0.137. The van der Waals surface area contributed by atoms with Crippen molar-refractivity contribution in [2.45, 2.75) is 32.0 Å². The maximum atomic E-state index is 12.7. The number of aliphatic hydroxyl groups excluding tert-OH is 1. The maximum absolute atomic E-state index is 12.7. The van der Waals surface area contributed by atoms with E-state index in [-0.39, 0.29) is 43.5 Å². The van der Waals surface area contributed by atoms with Gasteiger partial charge in [-0.3, -0.25) is 4.79 Å². The van der Waals surface area contributed by atoms with E-state index in [0.29, 0.717) is 12.4 Å². The van der Waals surface area contributed by atoms with Crippen molar-refractivity contribution < 1.29 is 37.1 Å². The molecular weight excluding hydrogens is 455 g/mol. The Bertz CT molecular complexity index is 1070. The van der Waals surface area contributed by atoms with Crippen LogP contribution < -0.4 is 14.8 Å². The van der Waals surface area contributed by atoms with Crippen LogP contribution in [0.1, 0.15) is 24.8 Å². The van der Waals surface area contributed by atoms with Crippen molar-refractivity contribution in [1.82, 2.24) is 15.5 Å². The Morgan fingerprint density at radius 2 is 1.91 bits per heavy atom. The number of hydrogen-bond acceptors (Lipinski definition) is 7. The minimum Gasteiger partial charge on any atom is -0.494 e. The Morgan fingerprint density at radius 3 is 2.62 bits per heavy atom. The molecule has 182 valence electrons. The van der Waals surface area contributed by atoms with Crippen molar-refractivity contribution in [3.63, 3.8) is 0 Å². The van der Waals surface area contributed by atoms with Gasteiger partial charge in [-0.25, -0.2) is 0 Å². The van der Waals surface area contributed by atoms with Gasteiger partial charge in [-0.1, -0.05) is 11.2 Å². The van der Waals surface area contributed by atoms with Crippen molar-refractivity contribution in [3.05, 3.63) is 60.0 Å². The Labute approximate surface area is 193 Å². The maximum Gasteiger partial charge on any atom is 0.416 e. The van der Waals surface area contributed by atoms with E-state index in [1.54, 1.807) is 24.3 Å². The van der Waals surface area contributed by atoms with Crippen LogP contribution in [0.15, 0.2) is 53.1 Å². The van der Waals surface area contributed by atoms with Crippen LogP contribution in [0.5, 0.6) is 11.5 Å². The number of ether oxygens (including phenoxy) is 2. The molecule has 1 atom stereocenters. The normalized spacial score (nSPS) is 12.3. The molecule has 0 bridgehead atoms. The second-order valence-electron chi connectivity index (χ2n) is 7.26. The van der Waals surface area contributed by atoms with Crippen molar-refractivity contribution >= 4 is 5.91 Å². The van der Waals surface area contributed by atoms with E-state index in [1.807, 2.05) is 6.92 Å². The van der Waals surface area contributed by atoms with Gasteiger partial charge in [0.05, 0.1) is 12.2 Å². The fourth-order valence-electron chi connectivity index (χ4n) is 2.89. The molecule has 0 spiro atoms. The van der Waals surface area contributed by atoms with Crippen LogP contribution in [0.25, 0.3) is 11.4 Å². The van der Waals surface area contributed by atoms with Gasteiger partial charge in [0.1, 0.15) is 24.2 Å². The largest absolute Gasteiger partial charge is 0.494 e. The predicted molar refractivity (Wildman–Crippen MR) is 115 cm³/mol. The average molecular weight is 479 g/mol. The number of rotatable bonds is 11. The van der Waals surface area contributed by atoms with Gasteiger partial charge in [-0.05, 0) is 49.4 Å². The summed E-state index contributed by atoms with van der Waals surface area (Å²) in [5, 5.41) is 16.4. The first kappa shape index (κ1) is 25.0. The van der Waals surface area contributed by atoms with Crippen molar-refractivity contribution in [3.8, 4) is 22.9 Å². The van der Waals surface area contributed by atoms with Gasteiger partial charge in [0, 0.05) is 24.9 Å². The van der Waals surface area contributed by atoms with E-state index >= 15 is 0 Å². The predicted octanol–water partition coefficient (Wildman–Crippen LogP) is 3.64. The van der Waals surface area contributed by atoms with Gasteiger partial charge in [-0.2, -0.15) is 18.2 Å². The molecule has 0 saturated carbocycles. The molecule has 8 nitrogen and oxygen atoms in total. The summed E-state index contributed by atoms with van der Waals surface area (Å²) in [6.45, 7) is 2.05. The topological polar surface area (TPSA) is 107 Å². The molecule has 0 fully saturated rings. The van der Waals surface area contributed by atoms with Gasteiger partial charge in [-0.15, -0.1) is 0 Å². The summed E-state index contributed by atoms with van der Waals surface area (Å²) in [6, 6.07) is 11.5. The molecule has 11 heteroatoms. The zero-order valence-corrected chi connectivity index (χ0v) is 18.3. The van der Waals surface area contributed by atoms with E-state index in [0.717, 1.165) is 23.4 Å². The highest BCUT2D eigenvalue weighted by molar-refractivity contribution is 5.76. The smallest absolute Gasteiger partial charge is 0.416 e. The average Bonchev–Trinajstić information content (AvgIpc) is 3.29. The van der Waals surface area contributed by atoms with E-state index in [2.05, 4.69) is 15.5 Å². The summed E-state index contributed by atoms with van der Waals surface area (Å²) < 4.78 is 53.9. The fourth-order valence-corrected chi connectivity index (χ4v) is 2.89. The van der Waals surface area contributed by atoms with E-state index in [9.17, 15) is 23.1 Å². The summed E-state index contributed by atoms with van der Waals surface area (Å²) in [5.41, 5.74) is -0.105. The molecule has 0 aliphatic carbocycles. The Balaban J connectivity index is 1.39. The van der Waals surface area contributed by atoms with Crippen LogP contribution in [0, 0.1) is 0 Å². The van der Waals surface area contributed by atoms with E-state index in [1.165, 1.54) is 12.1 Å². The molecule has 34 heavy (non-hydrogen) atoms. The standard InChI is InChI=1S/C23H24F3N3O5/c1-2-32-18-8-6-15(7-9-18)22-28-21(34-29-22)11-10-20(31)27-13-17(30)14-33-19-5-3-4-16(12-19)23(24,25)26/h3-9,12,17,30H,2,10-11,13-14H2,1H3,(H,27,31). The highest BCUT2D eigenvalue weighted by atomic mass is 19.4. The molecule has 2 N–H and O–H groups in total. The van der Waals surface area contributed by atoms with Crippen LogP contribution in [-0.2, 0) is 17.4 Å². The monoisotopic (exact) mass is 479 g/mol. The third-order valence-electron chi connectivity index (χ3n) is 4.60. The number of carbonyl (C=O) groups excluding carboxylic acids is 1. The minimum absolute atomic E-state index is 0.0278. The molecule has 0 saturated heterocycles. The number of halogens is 3. The Kier molecular flexibility index (Phi) is 8.47. The van der Waals surface area contributed by atoms with Crippen molar-refractivity contribution in [1.29, 1.82) is 0 Å². The van der Waals surface area contributed by atoms with Gasteiger partial charge >= 0.3 is 6.18 Å². The van der Waals surface area contributed by atoms with Crippen LogP contribution in [-0.4, -0.2) is 47.0 Å². The first-order valence-corrected chi connectivity index (χ1v) is 10.5. The van der Waals surface area contributed by atoms with Crippen LogP contribution in [0.4, 0.5) is 13.2 Å². The number of hydrogen-bond donors (Lipinski definition) is 2. The number of nitrogens with one attached hydrogen (secondary N) is 1. The summed E-state index contributed by atoms with van der Waals surface area (Å²) >= 11 is 0. The molecular formula is C23H24F3N3O5. The zero-order chi connectivity index (χ0) is 24.6. The van der Waals surface area contributed by atoms with Gasteiger partial charge in [0.2, 0.25) is 17.6 Å². The molecule has 0 aliphatic rings. The quantitative estimate of drug-likeness (QED) is 0.432. The lowest BCUT2D eigenvalue weighted by atomic mass is 10.2. The summed E-state index contributed by atoms with van der Waals surface area (Å²) in [4.78, 5) is 16.3. The summed E-state index contributed by atoms with van der Waals surface area (Å²) in [5.74, 6) is 1.01. The number of aryl methyl sites for hydroxylation is 1. The first-order valence-electron chi connectivity index (χ1n) is 10.5. The van der Waals surface area contributed by atoms with E-state index in [4.69, 9.17) is 14.0 Å². The number of aliphatic hydroxyl groups is 1. The number of aromatic nitrogens is 2. The zero-order valence-electron chi connectivity index (χ0n) is 18.3. The third-order valence-corrected chi connectivity index (χ3v) is 4.60.